The van der Waals surface area contributed by atoms with Crippen LogP contribution in [0.15, 0.2) is 40.4 Å². The van der Waals surface area contributed by atoms with Crippen LogP contribution in [0.4, 0.5) is 0 Å². The molecular formula is C22H29N3OS. The maximum atomic E-state index is 13.0. The Morgan fingerprint density at radius 1 is 1.15 bits per heavy atom. The molecule has 4 nitrogen and oxygen atoms in total. The average molecular weight is 384 g/mol. The number of amidine groups is 1. The first kappa shape index (κ1) is 19.7. The summed E-state index contributed by atoms with van der Waals surface area (Å²) in [6.45, 7) is 12.6. The number of benzene rings is 1. The van der Waals surface area contributed by atoms with Crippen LogP contribution < -0.4 is 0 Å². The lowest BCUT2D eigenvalue weighted by atomic mass is 10.1. The molecule has 27 heavy (non-hydrogen) atoms. The molecule has 2 heterocycles. The van der Waals surface area contributed by atoms with Crippen LogP contribution in [0.3, 0.4) is 0 Å². The predicted octanol–water partition coefficient (Wildman–Crippen LogP) is 5.70. The highest BCUT2D eigenvalue weighted by atomic mass is 32.2. The highest BCUT2D eigenvalue weighted by molar-refractivity contribution is 8.18. The van der Waals surface area contributed by atoms with E-state index in [1.165, 1.54) is 22.7 Å². The normalized spacial score (nSPS) is 19.4. The Morgan fingerprint density at radius 2 is 1.85 bits per heavy atom. The number of thioether (sulfide) groups is 1. The van der Waals surface area contributed by atoms with Gasteiger partial charge in [-0.05, 0) is 64.9 Å². The van der Waals surface area contributed by atoms with E-state index in [4.69, 9.17) is 0 Å². The van der Waals surface area contributed by atoms with Crippen LogP contribution in [0.25, 0.3) is 17.0 Å². The molecular weight excluding hydrogens is 354 g/mol. The first-order chi connectivity index (χ1) is 12.8. The summed E-state index contributed by atoms with van der Waals surface area (Å²) in [5.74, 6) is 0.0507. The monoisotopic (exact) mass is 383 g/mol. The maximum absolute atomic E-state index is 13.0. The van der Waals surface area contributed by atoms with Crippen LogP contribution in [0.5, 0.6) is 0 Å². The van der Waals surface area contributed by atoms with E-state index < -0.39 is 0 Å². The van der Waals surface area contributed by atoms with Crippen molar-refractivity contribution in [2.75, 3.05) is 0 Å². The van der Waals surface area contributed by atoms with Gasteiger partial charge in [0.05, 0.1) is 4.91 Å². The van der Waals surface area contributed by atoms with E-state index in [1.54, 1.807) is 0 Å². The van der Waals surface area contributed by atoms with Gasteiger partial charge in [0.2, 0.25) is 0 Å². The molecule has 0 unspecified atom stereocenters. The summed E-state index contributed by atoms with van der Waals surface area (Å²) < 4.78 is 2.31. The molecule has 0 N–H and O–H groups in total. The Kier molecular flexibility index (Phi) is 5.80. The Labute approximate surface area is 166 Å². The second kappa shape index (κ2) is 7.93. The zero-order chi connectivity index (χ0) is 19.7. The Morgan fingerprint density at radius 3 is 2.48 bits per heavy atom. The van der Waals surface area contributed by atoms with Gasteiger partial charge in [0.25, 0.3) is 5.91 Å². The molecule has 0 saturated carbocycles. The third-order valence-corrected chi connectivity index (χ3v) is 5.84. The van der Waals surface area contributed by atoms with Crippen molar-refractivity contribution >= 4 is 39.8 Å². The van der Waals surface area contributed by atoms with Crippen molar-refractivity contribution in [1.82, 2.24) is 9.47 Å². The Bertz CT molecular complexity index is 907. The number of hydrogen-bond acceptors (Lipinski definition) is 3. The largest absolute Gasteiger partial charge is 0.344 e. The summed E-state index contributed by atoms with van der Waals surface area (Å²) in [6, 6.07) is 9.08. The fraction of sp³-hybridized carbons (Fsp3) is 0.455. The summed E-state index contributed by atoms with van der Waals surface area (Å²) in [5, 5.41) is 1.99. The summed E-state index contributed by atoms with van der Waals surface area (Å²) in [6.07, 6.45) is 5.28. The molecule has 1 aromatic carbocycles. The van der Waals surface area contributed by atoms with Gasteiger partial charge < -0.3 is 4.57 Å². The van der Waals surface area contributed by atoms with Crippen LogP contribution in [0.1, 0.15) is 59.6 Å². The van der Waals surface area contributed by atoms with Gasteiger partial charge in [0.15, 0.2) is 5.17 Å². The SMILES string of the molecule is CC[C@@H](C)n1cc(/C=C2/SC(=NC(C)C)N(C(C)C)C2=O)c2ccccc21. The molecule has 1 fully saturated rings. The number of aliphatic imine (C=N–C) groups is 1. The van der Waals surface area contributed by atoms with E-state index in [1.807, 2.05) is 38.7 Å². The fourth-order valence-electron chi connectivity index (χ4n) is 3.30. The number of amides is 1. The number of carbonyl (C=O) groups excluding carboxylic acids is 1. The molecule has 1 aromatic heterocycles. The quantitative estimate of drug-likeness (QED) is 0.621. The summed E-state index contributed by atoms with van der Waals surface area (Å²) in [5.41, 5.74) is 2.31. The molecule has 3 rings (SSSR count). The first-order valence-corrected chi connectivity index (χ1v) is 10.6. The minimum atomic E-state index is 0.0507. The van der Waals surface area contributed by atoms with Gasteiger partial charge in [-0.2, -0.15) is 0 Å². The molecule has 1 amide bonds. The molecule has 0 spiro atoms. The van der Waals surface area contributed by atoms with Crippen LogP contribution in [0, 0.1) is 0 Å². The van der Waals surface area contributed by atoms with E-state index in [-0.39, 0.29) is 18.0 Å². The lowest BCUT2D eigenvalue weighted by Gasteiger charge is -2.20. The zero-order valence-electron chi connectivity index (χ0n) is 17.1. The third kappa shape index (κ3) is 3.84. The molecule has 1 atom stereocenters. The van der Waals surface area contributed by atoms with Gasteiger partial charge in [-0.25, -0.2) is 0 Å². The van der Waals surface area contributed by atoms with Crippen molar-refractivity contribution in [3.63, 3.8) is 0 Å². The molecule has 0 bridgehead atoms. The number of rotatable bonds is 5. The minimum absolute atomic E-state index is 0.0507. The van der Waals surface area contributed by atoms with Gasteiger partial charge in [0, 0.05) is 40.8 Å². The number of hydrogen-bond donors (Lipinski definition) is 0. The minimum Gasteiger partial charge on any atom is -0.344 e. The molecule has 0 radical (unpaired) electrons. The number of carbonyl (C=O) groups is 1. The van der Waals surface area contributed by atoms with Crippen LogP contribution in [-0.4, -0.2) is 32.6 Å². The Balaban J connectivity index is 2.08. The lowest BCUT2D eigenvalue weighted by molar-refractivity contribution is -0.123. The third-order valence-electron chi connectivity index (χ3n) is 4.85. The Hall–Kier alpha value is -2.01. The molecule has 1 aliphatic rings. The van der Waals surface area contributed by atoms with Crippen molar-refractivity contribution in [1.29, 1.82) is 0 Å². The number of para-hydroxylation sites is 1. The fourth-order valence-corrected chi connectivity index (χ4v) is 4.53. The second-order valence-corrected chi connectivity index (χ2v) is 8.66. The topological polar surface area (TPSA) is 37.6 Å². The number of fused-ring (bicyclic) bond motifs is 1. The predicted molar refractivity (Wildman–Crippen MR) is 117 cm³/mol. The summed E-state index contributed by atoms with van der Waals surface area (Å²) >= 11 is 1.49. The van der Waals surface area contributed by atoms with E-state index >= 15 is 0 Å². The van der Waals surface area contributed by atoms with Gasteiger partial charge in [0.1, 0.15) is 0 Å². The van der Waals surface area contributed by atoms with E-state index in [0.29, 0.717) is 6.04 Å². The highest BCUT2D eigenvalue weighted by Gasteiger charge is 2.35. The van der Waals surface area contributed by atoms with E-state index in [2.05, 4.69) is 53.9 Å². The van der Waals surface area contributed by atoms with E-state index in [9.17, 15) is 4.79 Å². The van der Waals surface area contributed by atoms with Crippen molar-refractivity contribution in [2.24, 2.45) is 4.99 Å². The smallest absolute Gasteiger partial charge is 0.266 e. The van der Waals surface area contributed by atoms with Crippen molar-refractivity contribution < 1.29 is 4.79 Å². The van der Waals surface area contributed by atoms with Crippen LogP contribution in [0.2, 0.25) is 0 Å². The summed E-state index contributed by atoms with van der Waals surface area (Å²) in [7, 11) is 0. The number of nitrogens with zero attached hydrogens (tertiary/aromatic N) is 3. The molecule has 5 heteroatoms. The lowest BCUT2D eigenvalue weighted by Crippen LogP contribution is -2.35. The first-order valence-electron chi connectivity index (χ1n) is 9.74. The molecule has 1 aliphatic heterocycles. The van der Waals surface area contributed by atoms with Crippen LogP contribution in [-0.2, 0) is 4.79 Å². The number of aromatic nitrogens is 1. The van der Waals surface area contributed by atoms with Gasteiger partial charge >= 0.3 is 0 Å². The van der Waals surface area contributed by atoms with Gasteiger partial charge in [-0.15, -0.1) is 0 Å². The second-order valence-electron chi connectivity index (χ2n) is 7.65. The van der Waals surface area contributed by atoms with Gasteiger partial charge in [-0.3, -0.25) is 14.7 Å². The van der Waals surface area contributed by atoms with Gasteiger partial charge in [-0.1, -0.05) is 25.1 Å². The molecule has 0 aliphatic carbocycles. The standard InChI is InChI=1S/C22H29N3OS/c1-7-16(6)24-13-17(18-10-8-9-11-19(18)24)12-20-21(26)25(15(4)5)22(27-20)23-14(2)3/h8-16H,7H2,1-6H3/b20-12+,23-22?/t16-/m1/s1. The van der Waals surface area contributed by atoms with Crippen molar-refractivity contribution in [2.45, 2.75) is 66.1 Å². The molecule has 1 saturated heterocycles. The highest BCUT2D eigenvalue weighted by Crippen LogP contribution is 2.36. The zero-order valence-corrected chi connectivity index (χ0v) is 17.9. The van der Waals surface area contributed by atoms with Crippen molar-refractivity contribution in [3.05, 3.63) is 40.9 Å². The maximum Gasteiger partial charge on any atom is 0.266 e. The van der Waals surface area contributed by atoms with Crippen LogP contribution >= 0.6 is 11.8 Å². The molecule has 2 aromatic rings. The average Bonchev–Trinajstić information content (AvgIpc) is 3.12. The summed E-state index contributed by atoms with van der Waals surface area (Å²) in [4.78, 5) is 20.2. The van der Waals surface area contributed by atoms with Crippen molar-refractivity contribution in [3.8, 4) is 0 Å². The molecule has 144 valence electrons. The van der Waals surface area contributed by atoms with E-state index in [0.717, 1.165) is 22.1 Å².